The molecule has 0 aromatic heterocycles. The van der Waals surface area contributed by atoms with Crippen LogP contribution in [0.15, 0.2) is 11.6 Å². The summed E-state index contributed by atoms with van der Waals surface area (Å²) in [6, 6.07) is 0. The van der Waals surface area contributed by atoms with Gasteiger partial charge in [0.05, 0.1) is 18.8 Å². The number of carbonyl (C=O) groups excluding carboxylic acids is 1. The van der Waals surface area contributed by atoms with Gasteiger partial charge in [0.1, 0.15) is 35.8 Å². The van der Waals surface area contributed by atoms with E-state index >= 15 is 0 Å². The summed E-state index contributed by atoms with van der Waals surface area (Å²) in [5.74, 6) is 0.420. The van der Waals surface area contributed by atoms with Crippen molar-refractivity contribution >= 4 is 6.29 Å². The Morgan fingerprint density at radius 2 is 1.86 bits per heavy atom. The molecule has 0 bridgehead atoms. The highest BCUT2D eigenvalue weighted by molar-refractivity contribution is 5.75. The van der Waals surface area contributed by atoms with Crippen LogP contribution in [0.25, 0.3) is 0 Å². The molecule has 198 valence electrons. The summed E-state index contributed by atoms with van der Waals surface area (Å²) in [5, 5.41) is 30.7. The van der Waals surface area contributed by atoms with Crippen LogP contribution in [0.4, 0.5) is 0 Å². The van der Waals surface area contributed by atoms with Crippen LogP contribution in [0.2, 0.25) is 0 Å². The number of carbonyl (C=O) groups is 1. The van der Waals surface area contributed by atoms with Gasteiger partial charge in [-0.3, -0.25) is 4.79 Å². The average molecular weight is 495 g/mol. The molecule has 2 saturated carbocycles. The molecule has 0 unspecified atom stereocenters. The summed E-state index contributed by atoms with van der Waals surface area (Å²) < 4.78 is 25.1. The molecule has 3 N–H and O–H groups in total. The first-order chi connectivity index (χ1) is 16.5. The fourth-order valence-corrected chi connectivity index (χ4v) is 8.21. The Balaban J connectivity index is 1.57. The Hall–Kier alpha value is -0.870. The standard InChI is InChI=1S/C27H42O8/c1-6-32-18-12-19-25(5,9-7-24(4)8-10-26(15(2)3)27(19,24)35-26)20(11-16(18)13-28)34-23-22(31)21(30)17(29)14-33-23/h11,13,15,17-23,29-31H,6-10,12,14H2,1-5H3/t17-,18+,19+,20+,21+,22-,23+,24+,25-,26-,27-/m1/s1. The van der Waals surface area contributed by atoms with Gasteiger partial charge in [0.25, 0.3) is 0 Å². The van der Waals surface area contributed by atoms with Gasteiger partial charge in [0, 0.05) is 23.5 Å². The van der Waals surface area contributed by atoms with E-state index in [0.29, 0.717) is 24.5 Å². The van der Waals surface area contributed by atoms with E-state index < -0.39 is 36.1 Å². The van der Waals surface area contributed by atoms with Gasteiger partial charge in [-0.25, -0.2) is 0 Å². The fourth-order valence-electron chi connectivity index (χ4n) is 8.21. The predicted octanol–water partition coefficient (Wildman–Crippen LogP) is 2.12. The maximum absolute atomic E-state index is 12.3. The first kappa shape index (κ1) is 25.8. The van der Waals surface area contributed by atoms with E-state index in [4.69, 9.17) is 18.9 Å². The van der Waals surface area contributed by atoms with Crippen LogP contribution in [-0.4, -0.2) is 82.8 Å². The van der Waals surface area contributed by atoms with Crippen molar-refractivity contribution in [3.8, 4) is 0 Å². The number of aliphatic hydroxyl groups is 3. The number of rotatable bonds is 6. The van der Waals surface area contributed by atoms with Crippen LogP contribution in [0.3, 0.4) is 0 Å². The number of hydrogen-bond donors (Lipinski definition) is 3. The van der Waals surface area contributed by atoms with Crippen molar-refractivity contribution in [1.29, 1.82) is 0 Å². The van der Waals surface area contributed by atoms with Crippen molar-refractivity contribution in [2.24, 2.45) is 22.7 Å². The van der Waals surface area contributed by atoms with E-state index in [1.54, 1.807) is 0 Å². The minimum Gasteiger partial charge on any atom is -0.388 e. The van der Waals surface area contributed by atoms with Gasteiger partial charge in [-0.05, 0) is 56.4 Å². The Bertz CT molecular complexity index is 875. The van der Waals surface area contributed by atoms with Crippen LogP contribution >= 0.6 is 0 Å². The number of aldehydes is 1. The molecule has 2 saturated heterocycles. The lowest BCUT2D eigenvalue weighted by Crippen LogP contribution is -2.60. The third kappa shape index (κ3) is 3.40. The summed E-state index contributed by atoms with van der Waals surface area (Å²) in [6.07, 6.45) is 1.36. The molecule has 0 aromatic rings. The lowest BCUT2D eigenvalue weighted by atomic mass is 9.50. The highest BCUT2D eigenvalue weighted by Crippen LogP contribution is 2.80. The van der Waals surface area contributed by atoms with E-state index in [2.05, 4.69) is 27.7 Å². The first-order valence-electron chi connectivity index (χ1n) is 13.3. The van der Waals surface area contributed by atoms with E-state index in [1.165, 1.54) is 0 Å². The minimum atomic E-state index is -1.40. The second-order valence-corrected chi connectivity index (χ2v) is 12.3. The van der Waals surface area contributed by atoms with E-state index in [1.807, 2.05) is 13.0 Å². The zero-order chi connectivity index (χ0) is 25.4. The third-order valence-electron chi connectivity index (χ3n) is 10.4. The Kier molecular flexibility index (Phi) is 6.32. The highest BCUT2D eigenvalue weighted by atomic mass is 16.7. The summed E-state index contributed by atoms with van der Waals surface area (Å²) in [7, 11) is 0. The molecule has 5 rings (SSSR count). The second kappa shape index (κ2) is 8.58. The Morgan fingerprint density at radius 3 is 2.49 bits per heavy atom. The molecule has 5 aliphatic rings. The molecule has 11 atom stereocenters. The summed E-state index contributed by atoms with van der Waals surface area (Å²) >= 11 is 0. The largest absolute Gasteiger partial charge is 0.388 e. The molecule has 4 fully saturated rings. The number of aliphatic hydroxyl groups excluding tert-OH is 3. The van der Waals surface area contributed by atoms with Gasteiger partial charge >= 0.3 is 0 Å². The van der Waals surface area contributed by atoms with Crippen LogP contribution in [0.1, 0.15) is 66.7 Å². The SMILES string of the molecule is CCO[C@H]1C[C@H]2[C@@](C)(CC[C@@]3(C)CC[C@]4(C(C)C)O[C@]234)[C@@H](O[C@@H]2OC[C@@H](O)[C@H](O)[C@H]2O)C=C1C=O. The van der Waals surface area contributed by atoms with E-state index in [0.717, 1.165) is 32.0 Å². The smallest absolute Gasteiger partial charge is 0.186 e. The van der Waals surface area contributed by atoms with Crippen LogP contribution in [-0.2, 0) is 23.7 Å². The molecule has 0 amide bonds. The quantitative estimate of drug-likeness (QED) is 0.380. The summed E-state index contributed by atoms with van der Waals surface area (Å²) in [6.45, 7) is 11.3. The summed E-state index contributed by atoms with van der Waals surface area (Å²) in [5.41, 5.74) is -0.362. The molecule has 2 heterocycles. The zero-order valence-electron chi connectivity index (χ0n) is 21.6. The number of fused-ring (bicyclic) bond motifs is 1. The average Bonchev–Trinajstić information content (AvgIpc) is 3.47. The monoisotopic (exact) mass is 494 g/mol. The number of epoxide rings is 1. The number of hydrogen-bond acceptors (Lipinski definition) is 8. The molecule has 0 radical (unpaired) electrons. The molecule has 35 heavy (non-hydrogen) atoms. The maximum atomic E-state index is 12.3. The molecule has 1 spiro atoms. The molecule has 8 nitrogen and oxygen atoms in total. The van der Waals surface area contributed by atoms with Gasteiger partial charge in [-0.15, -0.1) is 0 Å². The van der Waals surface area contributed by atoms with Crippen molar-refractivity contribution in [2.45, 2.75) is 115 Å². The van der Waals surface area contributed by atoms with Gasteiger partial charge in [-0.1, -0.05) is 27.7 Å². The maximum Gasteiger partial charge on any atom is 0.186 e. The van der Waals surface area contributed by atoms with Crippen LogP contribution in [0, 0.1) is 22.7 Å². The lowest BCUT2D eigenvalue weighted by Gasteiger charge is -2.55. The second-order valence-electron chi connectivity index (χ2n) is 12.3. The van der Waals surface area contributed by atoms with Crippen LogP contribution in [0.5, 0.6) is 0 Å². The Labute approximate surface area is 208 Å². The normalized spacial score (nSPS) is 53.3. The molecule has 3 aliphatic carbocycles. The van der Waals surface area contributed by atoms with Crippen LogP contribution < -0.4 is 0 Å². The van der Waals surface area contributed by atoms with Gasteiger partial charge in [0.15, 0.2) is 6.29 Å². The van der Waals surface area contributed by atoms with Crippen molar-refractivity contribution in [3.05, 3.63) is 11.6 Å². The van der Waals surface area contributed by atoms with Crippen molar-refractivity contribution in [1.82, 2.24) is 0 Å². The van der Waals surface area contributed by atoms with Crippen molar-refractivity contribution in [2.75, 3.05) is 13.2 Å². The molecule has 8 heteroatoms. The summed E-state index contributed by atoms with van der Waals surface area (Å²) in [4.78, 5) is 12.3. The van der Waals surface area contributed by atoms with Crippen molar-refractivity contribution < 1.29 is 39.1 Å². The van der Waals surface area contributed by atoms with Gasteiger partial charge in [0.2, 0.25) is 0 Å². The Morgan fingerprint density at radius 1 is 1.14 bits per heavy atom. The van der Waals surface area contributed by atoms with Crippen molar-refractivity contribution in [3.63, 3.8) is 0 Å². The minimum absolute atomic E-state index is 0.0373. The lowest BCUT2D eigenvalue weighted by molar-refractivity contribution is -0.292. The molecule has 2 aliphatic heterocycles. The first-order valence-corrected chi connectivity index (χ1v) is 13.3. The molecular formula is C27H42O8. The highest BCUT2D eigenvalue weighted by Gasteiger charge is 2.86. The van der Waals surface area contributed by atoms with E-state index in [9.17, 15) is 20.1 Å². The van der Waals surface area contributed by atoms with E-state index in [-0.39, 0.29) is 35.2 Å². The van der Waals surface area contributed by atoms with Gasteiger partial charge < -0.3 is 34.3 Å². The predicted molar refractivity (Wildman–Crippen MR) is 126 cm³/mol. The number of ether oxygens (including phenoxy) is 4. The molecule has 0 aromatic carbocycles. The topological polar surface area (TPSA) is 118 Å². The zero-order valence-corrected chi connectivity index (χ0v) is 21.6. The van der Waals surface area contributed by atoms with Gasteiger partial charge in [-0.2, -0.15) is 0 Å². The molecular weight excluding hydrogens is 452 g/mol. The fraction of sp³-hybridized carbons (Fsp3) is 0.889. The third-order valence-corrected chi connectivity index (χ3v) is 10.4.